The molecule has 0 aliphatic carbocycles. The molecule has 1 atom stereocenters. The van der Waals surface area contributed by atoms with Crippen LogP contribution in [-0.2, 0) is 14.3 Å². The van der Waals surface area contributed by atoms with E-state index in [0.29, 0.717) is 19.6 Å². The molecule has 0 aromatic heterocycles. The van der Waals surface area contributed by atoms with Crippen molar-refractivity contribution < 1.29 is 14.3 Å². The van der Waals surface area contributed by atoms with Gasteiger partial charge in [-0.05, 0) is 25.8 Å². The van der Waals surface area contributed by atoms with Gasteiger partial charge in [0.05, 0.1) is 12.5 Å². The van der Waals surface area contributed by atoms with Crippen LogP contribution in [0.5, 0.6) is 0 Å². The third-order valence-electron chi connectivity index (χ3n) is 3.41. The highest BCUT2D eigenvalue weighted by Gasteiger charge is 2.40. The second-order valence-electron chi connectivity index (χ2n) is 4.63. The van der Waals surface area contributed by atoms with Gasteiger partial charge < -0.3 is 10.1 Å². The summed E-state index contributed by atoms with van der Waals surface area (Å²) in [6.07, 6.45) is 2.79. The molecule has 1 fully saturated rings. The lowest BCUT2D eigenvalue weighted by Crippen LogP contribution is -2.43. The average molecular weight is 256 g/mol. The number of hydrogen-bond donors (Lipinski definition) is 1. The van der Waals surface area contributed by atoms with Crippen LogP contribution in [0.15, 0.2) is 0 Å². The minimum atomic E-state index is -0.338. The summed E-state index contributed by atoms with van der Waals surface area (Å²) in [6, 6.07) is -0.286. The summed E-state index contributed by atoms with van der Waals surface area (Å²) in [6.45, 7) is 5.38. The zero-order chi connectivity index (χ0) is 13.5. The highest BCUT2D eigenvalue weighted by Crippen LogP contribution is 2.20. The second-order valence-corrected chi connectivity index (χ2v) is 4.63. The van der Waals surface area contributed by atoms with Crippen LogP contribution in [0.2, 0.25) is 0 Å². The molecular weight excluding hydrogens is 232 g/mol. The van der Waals surface area contributed by atoms with Crippen molar-refractivity contribution in [2.24, 2.45) is 0 Å². The van der Waals surface area contributed by atoms with Crippen LogP contribution in [0.25, 0.3) is 0 Å². The maximum atomic E-state index is 12.2. The van der Waals surface area contributed by atoms with Gasteiger partial charge in [-0.3, -0.25) is 14.5 Å². The number of methoxy groups -OCH3 is 1. The third-order valence-corrected chi connectivity index (χ3v) is 3.41. The summed E-state index contributed by atoms with van der Waals surface area (Å²) in [5.74, 6) is -0.107. The summed E-state index contributed by atoms with van der Waals surface area (Å²) >= 11 is 0. The molecule has 0 radical (unpaired) electrons. The van der Waals surface area contributed by atoms with Crippen molar-refractivity contribution >= 4 is 11.8 Å². The average Bonchev–Trinajstić information content (AvgIpc) is 2.64. The maximum absolute atomic E-state index is 12.2. The van der Waals surface area contributed by atoms with Crippen LogP contribution in [0.3, 0.4) is 0 Å². The Morgan fingerprint density at radius 1 is 1.39 bits per heavy atom. The van der Waals surface area contributed by atoms with Crippen molar-refractivity contribution in [1.82, 2.24) is 10.2 Å². The van der Waals surface area contributed by atoms with Crippen molar-refractivity contribution in [3.05, 3.63) is 0 Å². The van der Waals surface area contributed by atoms with Gasteiger partial charge in [0.25, 0.3) is 0 Å². The third kappa shape index (κ3) is 3.53. The molecule has 0 aromatic rings. The Morgan fingerprint density at radius 2 is 2.06 bits per heavy atom. The highest BCUT2D eigenvalue weighted by molar-refractivity contribution is 6.05. The molecule has 2 amide bonds. The molecule has 1 rings (SSSR count). The zero-order valence-electron chi connectivity index (χ0n) is 11.6. The van der Waals surface area contributed by atoms with Crippen molar-refractivity contribution in [3.63, 3.8) is 0 Å². The Balaban J connectivity index is 2.50. The van der Waals surface area contributed by atoms with Crippen LogP contribution >= 0.6 is 0 Å². The Labute approximate surface area is 109 Å². The van der Waals surface area contributed by atoms with Crippen molar-refractivity contribution in [3.8, 4) is 0 Å². The number of ether oxygens (including phenoxy) is 1. The summed E-state index contributed by atoms with van der Waals surface area (Å²) in [5, 5.41) is 3.14. The fourth-order valence-corrected chi connectivity index (χ4v) is 2.34. The number of imide groups is 1. The van der Waals surface area contributed by atoms with Crippen molar-refractivity contribution in [2.75, 3.05) is 20.3 Å². The minimum absolute atomic E-state index is 0.0436. The molecule has 0 spiro atoms. The molecule has 18 heavy (non-hydrogen) atoms. The predicted octanol–water partition coefficient (Wildman–Crippen LogP) is 0.929. The smallest absolute Gasteiger partial charge is 0.247 e. The molecule has 1 aliphatic heterocycles. The molecule has 1 N–H and O–H groups in total. The topological polar surface area (TPSA) is 58.6 Å². The number of rotatable bonds is 8. The highest BCUT2D eigenvalue weighted by atomic mass is 16.5. The molecule has 0 bridgehead atoms. The fourth-order valence-electron chi connectivity index (χ4n) is 2.34. The normalized spacial score (nSPS) is 20.2. The Morgan fingerprint density at radius 3 is 2.61 bits per heavy atom. The Bertz CT molecular complexity index is 290. The quantitative estimate of drug-likeness (QED) is 0.518. The number of carbonyl (C=O) groups is 2. The van der Waals surface area contributed by atoms with E-state index in [2.05, 4.69) is 5.32 Å². The van der Waals surface area contributed by atoms with E-state index in [1.54, 1.807) is 7.11 Å². The number of amides is 2. The van der Waals surface area contributed by atoms with Crippen LogP contribution < -0.4 is 5.32 Å². The summed E-state index contributed by atoms with van der Waals surface area (Å²) in [4.78, 5) is 25.5. The van der Waals surface area contributed by atoms with Gasteiger partial charge in [-0.2, -0.15) is 0 Å². The van der Waals surface area contributed by atoms with Gasteiger partial charge >= 0.3 is 0 Å². The molecule has 5 heteroatoms. The van der Waals surface area contributed by atoms with Crippen molar-refractivity contribution in [1.29, 1.82) is 0 Å². The molecule has 1 heterocycles. The first-order valence-electron chi connectivity index (χ1n) is 6.73. The van der Waals surface area contributed by atoms with E-state index in [1.165, 1.54) is 4.90 Å². The van der Waals surface area contributed by atoms with Gasteiger partial charge in [0, 0.05) is 19.8 Å². The number of carbonyl (C=O) groups excluding carboxylic acids is 2. The largest absolute Gasteiger partial charge is 0.385 e. The number of hydrogen-bond acceptors (Lipinski definition) is 4. The Kier molecular flexibility index (Phi) is 6.29. The molecule has 1 unspecified atom stereocenters. The molecule has 1 saturated heterocycles. The van der Waals surface area contributed by atoms with Gasteiger partial charge in [0.15, 0.2) is 0 Å². The van der Waals surface area contributed by atoms with Gasteiger partial charge in [0.1, 0.15) is 0 Å². The van der Waals surface area contributed by atoms with Gasteiger partial charge in [-0.15, -0.1) is 0 Å². The lowest BCUT2D eigenvalue weighted by molar-refractivity contribution is -0.141. The monoisotopic (exact) mass is 256 g/mol. The summed E-state index contributed by atoms with van der Waals surface area (Å²) in [7, 11) is 1.65. The van der Waals surface area contributed by atoms with E-state index in [-0.39, 0.29) is 23.9 Å². The molecule has 104 valence electrons. The Hall–Kier alpha value is -0.940. The van der Waals surface area contributed by atoms with E-state index < -0.39 is 0 Å². The van der Waals surface area contributed by atoms with E-state index in [9.17, 15) is 9.59 Å². The van der Waals surface area contributed by atoms with E-state index in [4.69, 9.17) is 4.74 Å². The van der Waals surface area contributed by atoms with Gasteiger partial charge in [0.2, 0.25) is 11.8 Å². The minimum Gasteiger partial charge on any atom is -0.385 e. The standard InChI is InChI=1S/C13H24N2O3/c1-4-10(5-2)15-12(16)9-11(13(15)17)14-7-6-8-18-3/h10-11,14H,4-9H2,1-3H3. The molecule has 0 saturated carbocycles. The van der Waals surface area contributed by atoms with Gasteiger partial charge in [-0.1, -0.05) is 13.8 Å². The van der Waals surface area contributed by atoms with E-state index in [0.717, 1.165) is 19.3 Å². The first kappa shape index (κ1) is 15.1. The van der Waals surface area contributed by atoms with Crippen LogP contribution in [0.1, 0.15) is 39.5 Å². The van der Waals surface area contributed by atoms with E-state index >= 15 is 0 Å². The lowest BCUT2D eigenvalue weighted by atomic mass is 10.1. The van der Waals surface area contributed by atoms with E-state index in [1.807, 2.05) is 13.8 Å². The van der Waals surface area contributed by atoms with Crippen LogP contribution in [-0.4, -0.2) is 49.1 Å². The zero-order valence-corrected chi connectivity index (χ0v) is 11.6. The first-order valence-corrected chi connectivity index (χ1v) is 6.73. The molecule has 1 aliphatic rings. The number of nitrogens with zero attached hydrogens (tertiary/aromatic N) is 1. The lowest BCUT2D eigenvalue weighted by Gasteiger charge is -2.24. The maximum Gasteiger partial charge on any atom is 0.247 e. The molecule has 0 aromatic carbocycles. The second kappa shape index (κ2) is 7.48. The van der Waals surface area contributed by atoms with Crippen LogP contribution in [0.4, 0.5) is 0 Å². The predicted molar refractivity (Wildman–Crippen MR) is 69.1 cm³/mol. The summed E-state index contributed by atoms with van der Waals surface area (Å²) in [5.41, 5.74) is 0. The summed E-state index contributed by atoms with van der Waals surface area (Å²) < 4.78 is 4.95. The van der Waals surface area contributed by atoms with Crippen LogP contribution in [0, 0.1) is 0 Å². The van der Waals surface area contributed by atoms with Crippen molar-refractivity contribution in [2.45, 2.75) is 51.6 Å². The fraction of sp³-hybridized carbons (Fsp3) is 0.846. The number of likely N-dealkylation sites (tertiary alicyclic amines) is 1. The first-order chi connectivity index (χ1) is 8.65. The number of nitrogens with one attached hydrogen (secondary N) is 1. The van der Waals surface area contributed by atoms with Gasteiger partial charge in [-0.25, -0.2) is 0 Å². The molecular formula is C13H24N2O3. The molecule has 5 nitrogen and oxygen atoms in total. The SMILES string of the molecule is CCC(CC)N1C(=O)CC(NCCCOC)C1=O.